The standard InChI is InChI=1S/C99H119BN4/c1-90(2,3)64-37-42-80-76(53-64)77-54-65(91(4,5)6)38-43-81(77)102(80)72-39-41-79-83(59-72)104(89-74(60-34-32-31-33-35-60)55-70(96(19,20)21)56-75(89)63-47-86(98(25,26)27)101-87(48-63)99(28,29)30)85-58-71(97(22,23)24)57-84-88(85)100(79)78-40-36-61(62-44-66(92(7,8)9)49-67(45-62)93(10,11)12)46-82(78)103(84)73-51-68(94(13,14)15)50-69(52-73)95(16,17)18/h31-59H,1-30H3. The summed E-state index contributed by atoms with van der Waals surface area (Å²) in [6.45, 7) is 70.7. The highest BCUT2D eigenvalue weighted by Crippen LogP contribution is 2.55. The molecule has 538 valence electrons. The lowest BCUT2D eigenvalue weighted by Crippen LogP contribution is -2.61. The second-order valence-corrected chi connectivity index (χ2v) is 41.3. The molecule has 2 aliphatic heterocycles. The van der Waals surface area contributed by atoms with Gasteiger partial charge in [0.15, 0.2) is 0 Å². The zero-order valence-electron chi connectivity index (χ0n) is 69.1. The van der Waals surface area contributed by atoms with Crippen LogP contribution in [0.25, 0.3) is 60.9 Å². The highest BCUT2D eigenvalue weighted by atomic mass is 15.2. The Kier molecular flexibility index (Phi) is 17.5. The third-order valence-corrected chi connectivity index (χ3v) is 22.5. The third-order valence-electron chi connectivity index (χ3n) is 22.5. The maximum Gasteiger partial charge on any atom is 0.252 e. The summed E-state index contributed by atoms with van der Waals surface area (Å²) in [6, 6.07) is 71.2. The van der Waals surface area contributed by atoms with Gasteiger partial charge in [-0.25, -0.2) is 0 Å². The van der Waals surface area contributed by atoms with Gasteiger partial charge in [0, 0.05) is 78.2 Å². The van der Waals surface area contributed by atoms with E-state index < -0.39 is 0 Å². The molecule has 13 rings (SSSR count). The van der Waals surface area contributed by atoms with Gasteiger partial charge in [0.25, 0.3) is 6.71 Å². The van der Waals surface area contributed by atoms with E-state index in [4.69, 9.17) is 4.98 Å². The molecule has 104 heavy (non-hydrogen) atoms. The van der Waals surface area contributed by atoms with E-state index >= 15 is 0 Å². The number of anilines is 6. The summed E-state index contributed by atoms with van der Waals surface area (Å²) < 4.78 is 2.58. The van der Waals surface area contributed by atoms with E-state index in [1.165, 1.54) is 139 Å². The first-order chi connectivity index (χ1) is 47.8. The van der Waals surface area contributed by atoms with Crippen LogP contribution in [-0.4, -0.2) is 16.3 Å². The number of rotatable bonds is 6. The van der Waals surface area contributed by atoms with Gasteiger partial charge in [0.05, 0.1) is 16.7 Å². The van der Waals surface area contributed by atoms with Gasteiger partial charge in [0.1, 0.15) is 0 Å². The summed E-state index contributed by atoms with van der Waals surface area (Å²) in [5, 5.41) is 2.55. The third kappa shape index (κ3) is 13.5. The van der Waals surface area contributed by atoms with Crippen LogP contribution in [-0.2, 0) is 54.1 Å². The Morgan fingerprint density at radius 2 is 0.654 bits per heavy atom. The lowest BCUT2D eigenvalue weighted by Gasteiger charge is -2.46. The van der Waals surface area contributed by atoms with Crippen LogP contribution in [0, 0.1) is 0 Å². The second kappa shape index (κ2) is 24.6. The SMILES string of the molecule is CC(C)(C)c1cc(-c2ccc3c(c2)N(c2cc(C(C)(C)C)cc(C(C)(C)C)c2)c2cc(C(C)(C)C)cc4c2B3c2ccc(-n3c5ccc(C(C)(C)C)cc5c5cc(C(C)(C)C)ccc53)cc2N4c2c(-c3ccccc3)cc(C(C)(C)C)cc2-c2cc(C(C)(C)C)nc(C(C)(C)C)c2)cc(C(C)(C)C)c1. The molecule has 0 unspecified atom stereocenters. The molecule has 0 radical (unpaired) electrons. The molecule has 2 aliphatic rings. The number of hydrogen-bond donors (Lipinski definition) is 0. The van der Waals surface area contributed by atoms with Crippen molar-refractivity contribution >= 4 is 79.0 Å². The van der Waals surface area contributed by atoms with E-state index in [0.29, 0.717) is 0 Å². The van der Waals surface area contributed by atoms with E-state index in [-0.39, 0.29) is 60.9 Å². The molecular formula is C99H119BN4. The van der Waals surface area contributed by atoms with E-state index in [1.807, 2.05) is 0 Å². The minimum atomic E-state index is -0.292. The first-order valence-electron chi connectivity index (χ1n) is 38.6. The molecule has 0 atom stereocenters. The van der Waals surface area contributed by atoms with Crippen LogP contribution in [0.1, 0.15) is 264 Å². The Labute approximate surface area is 627 Å². The summed E-state index contributed by atoms with van der Waals surface area (Å²) in [5.74, 6) is 0. The molecule has 4 nitrogen and oxygen atoms in total. The molecular weight excluding hydrogens is 1260 g/mol. The van der Waals surface area contributed by atoms with Crippen LogP contribution in [0.2, 0.25) is 0 Å². The monoisotopic (exact) mass is 1370 g/mol. The normalized spacial score (nSPS) is 14.2. The van der Waals surface area contributed by atoms with Gasteiger partial charge in [-0.3, -0.25) is 4.98 Å². The average molecular weight is 1380 g/mol. The lowest BCUT2D eigenvalue weighted by atomic mass is 9.33. The summed E-state index contributed by atoms with van der Waals surface area (Å²) in [5.41, 5.74) is 32.8. The first kappa shape index (κ1) is 73.9. The Hall–Kier alpha value is -8.41. The Morgan fingerprint density at radius 3 is 1.10 bits per heavy atom. The summed E-state index contributed by atoms with van der Waals surface area (Å²) in [6.07, 6.45) is 0. The van der Waals surface area contributed by atoms with Crippen molar-refractivity contribution in [2.24, 2.45) is 0 Å². The predicted molar refractivity (Wildman–Crippen MR) is 456 cm³/mol. The molecule has 0 N–H and O–H groups in total. The first-order valence-corrected chi connectivity index (χ1v) is 38.6. The molecule has 0 saturated carbocycles. The Bertz CT molecular complexity index is 5060. The van der Waals surface area contributed by atoms with Gasteiger partial charge in [-0.2, -0.15) is 0 Å². The van der Waals surface area contributed by atoms with Crippen molar-refractivity contribution in [3.05, 3.63) is 232 Å². The van der Waals surface area contributed by atoms with Crippen LogP contribution in [0.3, 0.4) is 0 Å². The number of pyridine rings is 1. The summed E-state index contributed by atoms with van der Waals surface area (Å²) >= 11 is 0. The van der Waals surface area contributed by atoms with E-state index in [9.17, 15) is 0 Å². The van der Waals surface area contributed by atoms with Gasteiger partial charge < -0.3 is 14.4 Å². The number of benzene rings is 9. The molecule has 0 saturated heterocycles. The van der Waals surface area contributed by atoms with Crippen LogP contribution in [0.15, 0.2) is 176 Å². The summed E-state index contributed by atoms with van der Waals surface area (Å²) in [7, 11) is 0. The van der Waals surface area contributed by atoms with Crippen LogP contribution in [0.5, 0.6) is 0 Å². The molecule has 0 amide bonds. The number of aromatic nitrogens is 2. The zero-order valence-corrected chi connectivity index (χ0v) is 69.1. The fraction of sp³-hybridized carbons (Fsp3) is 0.404. The maximum absolute atomic E-state index is 5.61. The molecule has 9 aromatic carbocycles. The lowest BCUT2D eigenvalue weighted by molar-refractivity contribution is 0.531. The minimum Gasteiger partial charge on any atom is -0.311 e. The van der Waals surface area contributed by atoms with Crippen molar-refractivity contribution in [1.29, 1.82) is 0 Å². The average Bonchev–Trinajstić information content (AvgIpc) is 0.704. The zero-order chi connectivity index (χ0) is 75.8. The quantitative estimate of drug-likeness (QED) is 0.155. The van der Waals surface area contributed by atoms with Gasteiger partial charge in [-0.05, 0) is 217 Å². The van der Waals surface area contributed by atoms with E-state index in [2.05, 4.69) is 398 Å². The van der Waals surface area contributed by atoms with E-state index in [0.717, 1.165) is 28.5 Å². The Balaban J connectivity index is 1.26. The van der Waals surface area contributed by atoms with Crippen LogP contribution in [0.4, 0.5) is 34.1 Å². The highest BCUT2D eigenvalue weighted by molar-refractivity contribution is 7.00. The van der Waals surface area contributed by atoms with Crippen LogP contribution < -0.4 is 26.2 Å². The fourth-order valence-corrected chi connectivity index (χ4v) is 15.6. The highest BCUT2D eigenvalue weighted by Gasteiger charge is 2.46. The summed E-state index contributed by atoms with van der Waals surface area (Å²) in [4.78, 5) is 11.1. The number of fused-ring (bicyclic) bond motifs is 7. The molecule has 5 heteroatoms. The van der Waals surface area contributed by atoms with E-state index in [1.54, 1.807) is 0 Å². The Morgan fingerprint density at radius 1 is 0.260 bits per heavy atom. The van der Waals surface area contributed by atoms with Crippen molar-refractivity contribution in [3.8, 4) is 39.1 Å². The van der Waals surface area contributed by atoms with Crippen molar-refractivity contribution < 1.29 is 0 Å². The fourth-order valence-electron chi connectivity index (χ4n) is 15.6. The molecule has 4 heterocycles. The van der Waals surface area contributed by atoms with Gasteiger partial charge >= 0.3 is 0 Å². The topological polar surface area (TPSA) is 24.3 Å². The van der Waals surface area contributed by atoms with Gasteiger partial charge in [-0.1, -0.05) is 293 Å². The molecule has 2 aromatic heterocycles. The molecule has 0 bridgehead atoms. The largest absolute Gasteiger partial charge is 0.311 e. The predicted octanol–water partition coefficient (Wildman–Crippen LogP) is 26.2. The molecule has 0 aliphatic carbocycles. The number of hydrogen-bond acceptors (Lipinski definition) is 3. The molecule has 0 spiro atoms. The van der Waals surface area contributed by atoms with Gasteiger partial charge in [-0.15, -0.1) is 0 Å². The molecule has 0 fully saturated rings. The van der Waals surface area contributed by atoms with Crippen molar-refractivity contribution in [2.45, 2.75) is 262 Å². The maximum atomic E-state index is 5.61. The second-order valence-electron chi connectivity index (χ2n) is 41.3. The van der Waals surface area contributed by atoms with Gasteiger partial charge in [0.2, 0.25) is 0 Å². The van der Waals surface area contributed by atoms with Crippen molar-refractivity contribution in [1.82, 2.24) is 9.55 Å². The smallest absolute Gasteiger partial charge is 0.252 e. The number of nitrogens with zero attached hydrogens (tertiary/aromatic N) is 4. The van der Waals surface area contributed by atoms with Crippen LogP contribution >= 0.6 is 0 Å². The molecule has 11 aromatic rings. The minimum absolute atomic E-state index is 0.0513. The van der Waals surface area contributed by atoms with Crippen molar-refractivity contribution in [2.75, 3.05) is 9.80 Å². The van der Waals surface area contributed by atoms with Crippen molar-refractivity contribution in [3.63, 3.8) is 0 Å².